The van der Waals surface area contributed by atoms with E-state index in [-0.39, 0.29) is 18.0 Å². The van der Waals surface area contributed by atoms with E-state index >= 15 is 0 Å². The van der Waals surface area contributed by atoms with E-state index in [1.54, 1.807) is 0 Å². The number of benzene rings is 1. The molecule has 1 aromatic rings. The Hall–Kier alpha value is -1.20. The molecule has 0 radical (unpaired) electrons. The minimum atomic E-state index is -0.704. The fraction of sp³-hybridized carbons (Fsp3) is 0.500. The maximum absolute atomic E-state index is 13.7. The van der Waals surface area contributed by atoms with Crippen molar-refractivity contribution in [3.63, 3.8) is 0 Å². The molecule has 0 bridgehead atoms. The molecule has 0 heterocycles. The SMILES string of the molecule is O=C(CCl)N(Cc1c(F)cccc1F)[C@H]1CCC[C@@H]1O. The Balaban J connectivity index is 2.26. The molecular weight excluding hydrogens is 288 g/mol. The number of hydrogen-bond acceptors (Lipinski definition) is 2. The van der Waals surface area contributed by atoms with E-state index in [0.29, 0.717) is 12.8 Å². The Bertz CT molecular complexity index is 478. The molecule has 0 aromatic heterocycles. The maximum atomic E-state index is 13.7. The lowest BCUT2D eigenvalue weighted by Gasteiger charge is -2.31. The standard InChI is InChI=1S/C14H16ClF2NO2/c15-7-14(20)18(12-5-2-6-13(12)19)8-9-10(16)3-1-4-11(9)17/h1,3-4,12-13,19H,2,5-8H2/t12-,13-/m0/s1. The summed E-state index contributed by atoms with van der Waals surface area (Å²) in [7, 11) is 0. The van der Waals surface area contributed by atoms with Crippen molar-refractivity contribution in [2.24, 2.45) is 0 Å². The predicted octanol–water partition coefficient (Wildman–Crippen LogP) is 2.45. The van der Waals surface area contributed by atoms with Crippen LogP contribution in [0.15, 0.2) is 18.2 Å². The lowest BCUT2D eigenvalue weighted by atomic mass is 10.1. The summed E-state index contributed by atoms with van der Waals surface area (Å²) in [5.41, 5.74) is -0.176. The molecule has 20 heavy (non-hydrogen) atoms. The van der Waals surface area contributed by atoms with Gasteiger partial charge in [-0.3, -0.25) is 4.79 Å². The minimum Gasteiger partial charge on any atom is -0.391 e. The number of alkyl halides is 1. The zero-order valence-corrected chi connectivity index (χ0v) is 11.6. The second-order valence-electron chi connectivity index (χ2n) is 4.92. The van der Waals surface area contributed by atoms with E-state index in [0.717, 1.165) is 18.6 Å². The minimum absolute atomic E-state index is 0.176. The Morgan fingerprint density at radius 1 is 1.35 bits per heavy atom. The van der Waals surface area contributed by atoms with Crippen LogP contribution in [-0.4, -0.2) is 33.9 Å². The van der Waals surface area contributed by atoms with Crippen molar-refractivity contribution < 1.29 is 18.7 Å². The number of carbonyl (C=O) groups excluding carboxylic acids is 1. The van der Waals surface area contributed by atoms with Gasteiger partial charge < -0.3 is 10.0 Å². The Morgan fingerprint density at radius 3 is 2.50 bits per heavy atom. The van der Waals surface area contributed by atoms with E-state index in [2.05, 4.69) is 0 Å². The normalized spacial score (nSPS) is 22.0. The second-order valence-corrected chi connectivity index (χ2v) is 5.19. The van der Waals surface area contributed by atoms with Gasteiger partial charge in [-0.15, -0.1) is 11.6 Å². The molecule has 0 spiro atoms. The van der Waals surface area contributed by atoms with Crippen LogP contribution >= 0.6 is 11.6 Å². The number of aliphatic hydroxyl groups is 1. The summed E-state index contributed by atoms with van der Waals surface area (Å²) in [6, 6.07) is 3.13. The number of amides is 1. The lowest BCUT2D eigenvalue weighted by molar-refractivity contribution is -0.133. The monoisotopic (exact) mass is 303 g/mol. The van der Waals surface area contributed by atoms with Crippen LogP contribution in [-0.2, 0) is 11.3 Å². The Labute approximate surface area is 121 Å². The number of rotatable bonds is 4. The van der Waals surface area contributed by atoms with Crippen LogP contribution in [0.2, 0.25) is 0 Å². The number of carbonyl (C=O) groups is 1. The van der Waals surface area contributed by atoms with Gasteiger partial charge in [0.25, 0.3) is 0 Å². The molecule has 1 aliphatic carbocycles. The first-order valence-corrected chi connectivity index (χ1v) is 7.04. The van der Waals surface area contributed by atoms with Crippen molar-refractivity contribution in [1.82, 2.24) is 4.90 Å². The van der Waals surface area contributed by atoms with Crippen molar-refractivity contribution in [3.8, 4) is 0 Å². The zero-order chi connectivity index (χ0) is 14.7. The van der Waals surface area contributed by atoms with Gasteiger partial charge in [-0.05, 0) is 31.4 Å². The van der Waals surface area contributed by atoms with Crippen LogP contribution in [0.1, 0.15) is 24.8 Å². The summed E-state index contributed by atoms with van der Waals surface area (Å²) in [5, 5.41) is 9.90. The van der Waals surface area contributed by atoms with Crippen LogP contribution in [0.5, 0.6) is 0 Å². The summed E-state index contributed by atoms with van der Waals surface area (Å²) in [4.78, 5) is 13.2. The molecule has 1 fully saturated rings. The fourth-order valence-electron chi connectivity index (χ4n) is 2.61. The summed E-state index contributed by atoms with van der Waals surface area (Å²) < 4.78 is 27.4. The van der Waals surface area contributed by atoms with E-state index in [4.69, 9.17) is 11.6 Å². The first-order chi connectivity index (χ1) is 9.54. The van der Waals surface area contributed by atoms with Crippen LogP contribution in [0.4, 0.5) is 8.78 Å². The molecule has 0 saturated heterocycles. The van der Waals surface area contributed by atoms with E-state index in [1.807, 2.05) is 0 Å². The molecule has 2 atom stereocenters. The average Bonchev–Trinajstić information content (AvgIpc) is 2.84. The third-order valence-electron chi connectivity index (χ3n) is 3.67. The quantitative estimate of drug-likeness (QED) is 0.868. The Kier molecular flexibility index (Phi) is 4.94. The number of nitrogens with zero attached hydrogens (tertiary/aromatic N) is 1. The molecule has 1 aromatic carbocycles. The van der Waals surface area contributed by atoms with Crippen LogP contribution in [0, 0.1) is 11.6 Å². The van der Waals surface area contributed by atoms with Crippen LogP contribution in [0.3, 0.4) is 0 Å². The summed E-state index contributed by atoms with van der Waals surface area (Å²) in [6.07, 6.45) is 1.30. The predicted molar refractivity (Wildman–Crippen MR) is 71.3 cm³/mol. The molecule has 0 aliphatic heterocycles. The largest absolute Gasteiger partial charge is 0.391 e. The molecule has 1 saturated carbocycles. The van der Waals surface area contributed by atoms with Gasteiger partial charge in [-0.25, -0.2) is 8.78 Å². The molecule has 1 amide bonds. The molecule has 3 nitrogen and oxygen atoms in total. The number of halogens is 3. The highest BCUT2D eigenvalue weighted by molar-refractivity contribution is 6.27. The van der Waals surface area contributed by atoms with Gasteiger partial charge in [-0.2, -0.15) is 0 Å². The van der Waals surface area contributed by atoms with Gasteiger partial charge in [0.2, 0.25) is 5.91 Å². The van der Waals surface area contributed by atoms with Gasteiger partial charge in [0.05, 0.1) is 18.7 Å². The molecule has 110 valence electrons. The smallest absolute Gasteiger partial charge is 0.238 e. The first-order valence-electron chi connectivity index (χ1n) is 6.51. The van der Waals surface area contributed by atoms with Crippen molar-refractivity contribution in [2.75, 3.05) is 5.88 Å². The second kappa shape index (κ2) is 6.50. The Morgan fingerprint density at radius 2 is 2.00 bits per heavy atom. The van der Waals surface area contributed by atoms with E-state index in [9.17, 15) is 18.7 Å². The maximum Gasteiger partial charge on any atom is 0.238 e. The van der Waals surface area contributed by atoms with Crippen molar-refractivity contribution in [3.05, 3.63) is 35.4 Å². The molecule has 0 unspecified atom stereocenters. The van der Waals surface area contributed by atoms with Crippen molar-refractivity contribution >= 4 is 17.5 Å². The first kappa shape index (κ1) is 15.2. The highest BCUT2D eigenvalue weighted by Crippen LogP contribution is 2.27. The van der Waals surface area contributed by atoms with Gasteiger partial charge in [0.1, 0.15) is 17.5 Å². The topological polar surface area (TPSA) is 40.5 Å². The van der Waals surface area contributed by atoms with Crippen molar-refractivity contribution in [1.29, 1.82) is 0 Å². The third-order valence-corrected chi connectivity index (χ3v) is 3.90. The zero-order valence-electron chi connectivity index (χ0n) is 10.9. The summed E-state index contributed by atoms with van der Waals surface area (Å²) in [6.45, 7) is -0.216. The molecule has 6 heteroatoms. The van der Waals surface area contributed by atoms with Crippen LogP contribution < -0.4 is 0 Å². The molecular formula is C14H16ClF2NO2. The van der Waals surface area contributed by atoms with Crippen LogP contribution in [0.25, 0.3) is 0 Å². The summed E-state index contributed by atoms with van der Waals surface area (Å²) in [5.74, 6) is -2.12. The van der Waals surface area contributed by atoms with Gasteiger partial charge in [0, 0.05) is 5.56 Å². The average molecular weight is 304 g/mol. The highest BCUT2D eigenvalue weighted by Gasteiger charge is 2.34. The molecule has 1 aliphatic rings. The van der Waals surface area contributed by atoms with Gasteiger partial charge in [0.15, 0.2) is 0 Å². The van der Waals surface area contributed by atoms with E-state index in [1.165, 1.54) is 11.0 Å². The lowest BCUT2D eigenvalue weighted by Crippen LogP contribution is -2.44. The third kappa shape index (κ3) is 3.10. The highest BCUT2D eigenvalue weighted by atomic mass is 35.5. The van der Waals surface area contributed by atoms with Gasteiger partial charge in [-0.1, -0.05) is 6.07 Å². The van der Waals surface area contributed by atoms with E-state index < -0.39 is 29.7 Å². The number of aliphatic hydroxyl groups excluding tert-OH is 1. The van der Waals surface area contributed by atoms with Gasteiger partial charge >= 0.3 is 0 Å². The summed E-state index contributed by atoms with van der Waals surface area (Å²) >= 11 is 5.56. The molecule has 2 rings (SSSR count). The van der Waals surface area contributed by atoms with Crippen molar-refractivity contribution in [2.45, 2.75) is 38.0 Å². The molecule has 1 N–H and O–H groups in total. The number of hydrogen-bond donors (Lipinski definition) is 1. The fourth-order valence-corrected chi connectivity index (χ4v) is 2.76.